The Bertz CT molecular complexity index is 141. The summed E-state index contributed by atoms with van der Waals surface area (Å²) in [6.07, 6.45) is 3.43. The topological polar surface area (TPSA) is 9.72 Å². The highest BCUT2D eigenvalue weighted by molar-refractivity contribution is 4.73. The van der Waals surface area contributed by atoms with Crippen LogP contribution in [0.1, 0.15) is 33.6 Å². The molecule has 0 aromatic rings. The minimum absolute atomic E-state index is 0.544. The van der Waals surface area contributed by atoms with Gasteiger partial charge in [-0.25, -0.2) is 0 Å². The number of hydrogen-bond acceptors (Lipinski definition) is 3. The Labute approximate surface area is 96.0 Å². The molecule has 0 fully saturated rings. The van der Waals surface area contributed by atoms with Crippen molar-refractivity contribution in [3.05, 3.63) is 0 Å². The molecule has 2 atom stereocenters. The van der Waals surface area contributed by atoms with E-state index in [0.29, 0.717) is 12.3 Å². The molecule has 15 heavy (non-hydrogen) atoms. The minimum Gasteiger partial charge on any atom is -0.294 e. The van der Waals surface area contributed by atoms with E-state index in [0.717, 1.165) is 6.54 Å². The molecule has 92 valence electrons. The van der Waals surface area contributed by atoms with Gasteiger partial charge in [-0.2, -0.15) is 0 Å². The Morgan fingerprint density at radius 3 is 1.20 bits per heavy atom. The predicted molar refractivity (Wildman–Crippen MR) is 67.9 cm³/mol. The second-order valence-electron chi connectivity index (χ2n) is 4.54. The molecule has 0 saturated carbocycles. The SMILES string of the molecule is CCC(N(C)C)N(CC)C(CC)N(C)C. The van der Waals surface area contributed by atoms with Gasteiger partial charge in [0.05, 0.1) is 12.3 Å². The molecule has 0 rings (SSSR count). The van der Waals surface area contributed by atoms with Crippen molar-refractivity contribution in [1.82, 2.24) is 14.7 Å². The Morgan fingerprint density at radius 1 is 0.733 bits per heavy atom. The van der Waals surface area contributed by atoms with E-state index in [2.05, 4.69) is 63.7 Å². The van der Waals surface area contributed by atoms with Crippen LogP contribution in [0.2, 0.25) is 0 Å². The van der Waals surface area contributed by atoms with Gasteiger partial charge >= 0.3 is 0 Å². The molecule has 2 unspecified atom stereocenters. The first-order valence-electron chi connectivity index (χ1n) is 6.08. The predicted octanol–water partition coefficient (Wildman–Crippen LogP) is 1.90. The fourth-order valence-electron chi connectivity index (χ4n) is 2.41. The zero-order valence-electron chi connectivity index (χ0n) is 11.6. The molecule has 0 bridgehead atoms. The van der Waals surface area contributed by atoms with Gasteiger partial charge in [0, 0.05) is 0 Å². The first kappa shape index (κ1) is 14.9. The molecular formula is C12H29N3. The lowest BCUT2D eigenvalue weighted by Gasteiger charge is -2.42. The van der Waals surface area contributed by atoms with Gasteiger partial charge in [0.1, 0.15) is 0 Å². The molecule has 0 aliphatic heterocycles. The van der Waals surface area contributed by atoms with E-state index in [1.165, 1.54) is 12.8 Å². The first-order chi connectivity index (χ1) is 6.99. The molecule has 0 saturated heterocycles. The van der Waals surface area contributed by atoms with Crippen LogP contribution in [0.3, 0.4) is 0 Å². The van der Waals surface area contributed by atoms with Crippen LogP contribution < -0.4 is 0 Å². The zero-order chi connectivity index (χ0) is 12.0. The Morgan fingerprint density at radius 2 is 1.07 bits per heavy atom. The molecule has 0 amide bonds. The van der Waals surface area contributed by atoms with Crippen LogP contribution in [0, 0.1) is 0 Å². The fraction of sp³-hybridized carbons (Fsp3) is 1.00. The van der Waals surface area contributed by atoms with Gasteiger partial charge in [0.25, 0.3) is 0 Å². The number of rotatable bonds is 7. The average molecular weight is 215 g/mol. The van der Waals surface area contributed by atoms with Crippen molar-refractivity contribution >= 4 is 0 Å². The maximum atomic E-state index is 2.57. The molecule has 0 N–H and O–H groups in total. The van der Waals surface area contributed by atoms with Gasteiger partial charge in [-0.1, -0.05) is 20.8 Å². The Hall–Kier alpha value is -0.120. The molecule has 3 heteroatoms. The van der Waals surface area contributed by atoms with Gasteiger partial charge in [0.15, 0.2) is 0 Å². The summed E-state index contributed by atoms with van der Waals surface area (Å²) in [6, 6.07) is 0. The van der Waals surface area contributed by atoms with Crippen molar-refractivity contribution < 1.29 is 0 Å². The van der Waals surface area contributed by atoms with Gasteiger partial charge in [-0.15, -0.1) is 0 Å². The molecule has 0 heterocycles. The van der Waals surface area contributed by atoms with Crippen molar-refractivity contribution in [2.45, 2.75) is 45.9 Å². The summed E-state index contributed by atoms with van der Waals surface area (Å²) >= 11 is 0. The summed E-state index contributed by atoms with van der Waals surface area (Å²) in [5.41, 5.74) is 0. The van der Waals surface area contributed by atoms with Crippen molar-refractivity contribution in [3.63, 3.8) is 0 Å². The molecule has 0 radical (unpaired) electrons. The van der Waals surface area contributed by atoms with E-state index in [4.69, 9.17) is 0 Å². The smallest absolute Gasteiger partial charge is 0.0628 e. The molecule has 0 spiro atoms. The summed E-state index contributed by atoms with van der Waals surface area (Å²) in [4.78, 5) is 7.20. The van der Waals surface area contributed by atoms with Crippen LogP contribution in [0.25, 0.3) is 0 Å². The van der Waals surface area contributed by atoms with Crippen molar-refractivity contribution in [2.75, 3.05) is 34.7 Å². The summed E-state index contributed by atoms with van der Waals surface area (Å²) in [7, 11) is 8.66. The van der Waals surface area contributed by atoms with Crippen molar-refractivity contribution in [2.24, 2.45) is 0 Å². The van der Waals surface area contributed by atoms with E-state index in [1.54, 1.807) is 0 Å². The summed E-state index contributed by atoms with van der Waals surface area (Å²) in [5, 5.41) is 0. The molecule has 0 aliphatic carbocycles. The number of hydrogen-bond donors (Lipinski definition) is 0. The maximum Gasteiger partial charge on any atom is 0.0628 e. The van der Waals surface area contributed by atoms with Gasteiger partial charge in [-0.3, -0.25) is 14.7 Å². The molecule has 3 nitrogen and oxygen atoms in total. The summed E-state index contributed by atoms with van der Waals surface area (Å²) in [6.45, 7) is 7.87. The van der Waals surface area contributed by atoms with Crippen molar-refractivity contribution in [1.29, 1.82) is 0 Å². The summed E-state index contributed by atoms with van der Waals surface area (Å²) in [5.74, 6) is 0. The van der Waals surface area contributed by atoms with E-state index in [9.17, 15) is 0 Å². The van der Waals surface area contributed by atoms with Gasteiger partial charge in [-0.05, 0) is 47.6 Å². The third-order valence-corrected chi connectivity index (χ3v) is 3.05. The van der Waals surface area contributed by atoms with Gasteiger partial charge < -0.3 is 0 Å². The second-order valence-corrected chi connectivity index (χ2v) is 4.54. The highest BCUT2D eigenvalue weighted by Gasteiger charge is 2.25. The van der Waals surface area contributed by atoms with E-state index in [1.807, 2.05) is 0 Å². The Kier molecular flexibility index (Phi) is 7.14. The largest absolute Gasteiger partial charge is 0.294 e. The molecule has 0 aliphatic rings. The van der Waals surface area contributed by atoms with Gasteiger partial charge in [0.2, 0.25) is 0 Å². The van der Waals surface area contributed by atoms with E-state index < -0.39 is 0 Å². The third kappa shape index (κ3) is 4.09. The average Bonchev–Trinajstić information content (AvgIpc) is 2.16. The van der Waals surface area contributed by atoms with E-state index in [-0.39, 0.29) is 0 Å². The standard InChI is InChI=1S/C12H29N3/c1-8-11(13(4)5)15(10-3)12(9-2)14(6)7/h11-12H,8-10H2,1-7H3. The minimum atomic E-state index is 0.544. The Balaban J connectivity index is 4.68. The van der Waals surface area contributed by atoms with Crippen LogP contribution in [0.4, 0.5) is 0 Å². The molecule has 0 aromatic heterocycles. The second kappa shape index (κ2) is 7.20. The van der Waals surface area contributed by atoms with E-state index >= 15 is 0 Å². The van der Waals surface area contributed by atoms with Crippen LogP contribution in [-0.4, -0.2) is 61.8 Å². The lowest BCUT2D eigenvalue weighted by atomic mass is 10.2. The monoisotopic (exact) mass is 215 g/mol. The first-order valence-corrected chi connectivity index (χ1v) is 6.08. The summed E-state index contributed by atoms with van der Waals surface area (Å²) < 4.78 is 0. The lowest BCUT2D eigenvalue weighted by Crippen LogP contribution is -2.54. The fourth-order valence-corrected chi connectivity index (χ4v) is 2.41. The van der Waals surface area contributed by atoms with Crippen LogP contribution in [0.5, 0.6) is 0 Å². The number of nitrogens with zero attached hydrogens (tertiary/aromatic N) is 3. The lowest BCUT2D eigenvalue weighted by molar-refractivity contribution is -0.0154. The highest BCUT2D eigenvalue weighted by Crippen LogP contribution is 2.15. The van der Waals surface area contributed by atoms with Crippen LogP contribution >= 0.6 is 0 Å². The van der Waals surface area contributed by atoms with Crippen LogP contribution in [0.15, 0.2) is 0 Å². The zero-order valence-corrected chi connectivity index (χ0v) is 11.6. The molecular weight excluding hydrogens is 186 g/mol. The quantitative estimate of drug-likeness (QED) is 0.601. The van der Waals surface area contributed by atoms with Crippen molar-refractivity contribution in [3.8, 4) is 0 Å². The van der Waals surface area contributed by atoms with Crippen LogP contribution in [-0.2, 0) is 0 Å². The maximum absolute atomic E-state index is 2.57. The highest BCUT2D eigenvalue weighted by atomic mass is 15.4. The third-order valence-electron chi connectivity index (χ3n) is 3.05. The normalized spacial score (nSPS) is 16.4. The molecule has 0 aromatic carbocycles.